The van der Waals surface area contributed by atoms with E-state index in [1.165, 1.54) is 0 Å². The van der Waals surface area contributed by atoms with Gasteiger partial charge in [0.1, 0.15) is 5.75 Å². The number of rotatable bonds is 4. The molecule has 0 aliphatic carbocycles. The van der Waals surface area contributed by atoms with Gasteiger partial charge in [-0.3, -0.25) is 4.79 Å². The van der Waals surface area contributed by atoms with Gasteiger partial charge in [0.05, 0.1) is 6.04 Å². The monoisotopic (exact) mass is 242 g/mol. The highest BCUT2D eigenvalue weighted by Crippen LogP contribution is 2.26. The van der Waals surface area contributed by atoms with E-state index in [4.69, 9.17) is 17.3 Å². The van der Waals surface area contributed by atoms with Gasteiger partial charge in [0, 0.05) is 17.1 Å². The predicted molar refractivity (Wildman–Crippen MR) is 63.3 cm³/mol. The molecule has 4 N–H and O–H groups in total. The first-order valence-corrected chi connectivity index (χ1v) is 5.30. The molecule has 0 radical (unpaired) electrons. The molecule has 1 aromatic rings. The number of nitrogens with one attached hydrogen (secondary N) is 1. The third kappa shape index (κ3) is 3.12. The smallest absolute Gasteiger partial charge is 0.234 e. The van der Waals surface area contributed by atoms with Crippen molar-refractivity contribution in [1.29, 1.82) is 0 Å². The van der Waals surface area contributed by atoms with Crippen LogP contribution in [0.3, 0.4) is 0 Å². The molecule has 1 amide bonds. The average Bonchev–Trinajstić information content (AvgIpc) is 2.20. The molecule has 0 saturated carbocycles. The molecule has 0 aliphatic rings. The zero-order valence-corrected chi connectivity index (χ0v) is 10.0. The Hall–Kier alpha value is -1.26. The van der Waals surface area contributed by atoms with Crippen molar-refractivity contribution < 1.29 is 9.90 Å². The number of aromatic hydroxyl groups is 1. The summed E-state index contributed by atoms with van der Waals surface area (Å²) in [7, 11) is 0. The predicted octanol–water partition coefficient (Wildman–Crippen LogP) is 1.32. The number of primary amides is 1. The molecule has 88 valence electrons. The molecule has 0 aromatic heterocycles. The SMILES string of the molecule is Cc1cc(Cl)cc(CN[C@@H](C)C(N)=O)c1O. The number of carbonyl (C=O) groups excluding carboxylic acids is 1. The van der Waals surface area contributed by atoms with E-state index in [2.05, 4.69) is 5.32 Å². The third-order valence-corrected chi connectivity index (χ3v) is 2.59. The third-order valence-electron chi connectivity index (χ3n) is 2.37. The summed E-state index contributed by atoms with van der Waals surface area (Å²) in [4.78, 5) is 10.8. The number of amides is 1. The van der Waals surface area contributed by atoms with Crippen molar-refractivity contribution in [3.63, 3.8) is 0 Å². The van der Waals surface area contributed by atoms with Crippen molar-refractivity contribution in [2.75, 3.05) is 0 Å². The number of phenolic OH excluding ortho intramolecular Hbond substituents is 1. The maximum absolute atomic E-state index is 10.8. The van der Waals surface area contributed by atoms with E-state index in [1.807, 2.05) is 0 Å². The molecule has 0 heterocycles. The topological polar surface area (TPSA) is 75.3 Å². The van der Waals surface area contributed by atoms with Crippen LogP contribution in [-0.2, 0) is 11.3 Å². The number of hydrogen-bond donors (Lipinski definition) is 3. The van der Waals surface area contributed by atoms with Gasteiger partial charge < -0.3 is 16.2 Å². The minimum atomic E-state index is -0.446. The summed E-state index contributed by atoms with van der Waals surface area (Å²) in [5.74, 6) is -0.244. The number of hydrogen-bond acceptors (Lipinski definition) is 3. The van der Waals surface area contributed by atoms with Crippen molar-refractivity contribution in [2.24, 2.45) is 5.73 Å². The largest absolute Gasteiger partial charge is 0.507 e. The van der Waals surface area contributed by atoms with Crippen LogP contribution >= 0.6 is 11.6 Å². The van der Waals surface area contributed by atoms with E-state index < -0.39 is 11.9 Å². The molecule has 0 fully saturated rings. The molecule has 0 unspecified atom stereocenters. The number of phenols is 1. The molecule has 1 aromatic carbocycles. The number of carbonyl (C=O) groups is 1. The van der Waals surface area contributed by atoms with Gasteiger partial charge >= 0.3 is 0 Å². The van der Waals surface area contributed by atoms with Crippen molar-refractivity contribution in [2.45, 2.75) is 26.4 Å². The summed E-state index contributed by atoms with van der Waals surface area (Å²) >= 11 is 5.87. The minimum Gasteiger partial charge on any atom is -0.507 e. The molecule has 1 rings (SSSR count). The number of halogens is 1. The quantitative estimate of drug-likeness (QED) is 0.745. The standard InChI is InChI=1S/C11H15ClN2O2/c1-6-3-9(12)4-8(10(6)15)5-14-7(2)11(13)16/h3-4,7,14-15H,5H2,1-2H3,(H2,13,16)/t7-/m0/s1. The van der Waals surface area contributed by atoms with E-state index in [1.54, 1.807) is 26.0 Å². The molecule has 0 spiro atoms. The molecule has 0 saturated heterocycles. The van der Waals surface area contributed by atoms with E-state index in [-0.39, 0.29) is 5.75 Å². The Morgan fingerprint density at radius 3 is 2.81 bits per heavy atom. The highest BCUT2D eigenvalue weighted by molar-refractivity contribution is 6.30. The highest BCUT2D eigenvalue weighted by Gasteiger charge is 2.10. The molecule has 0 aliphatic heterocycles. The Bertz CT molecular complexity index is 407. The Labute approximate surface area is 99.4 Å². The van der Waals surface area contributed by atoms with Gasteiger partial charge in [0.2, 0.25) is 5.91 Å². The van der Waals surface area contributed by atoms with Crippen LogP contribution in [0, 0.1) is 6.92 Å². The lowest BCUT2D eigenvalue weighted by atomic mass is 10.1. The van der Waals surface area contributed by atoms with Crippen LogP contribution in [0.2, 0.25) is 5.02 Å². The maximum Gasteiger partial charge on any atom is 0.234 e. The molecular formula is C11H15ClN2O2. The van der Waals surface area contributed by atoms with E-state index in [0.29, 0.717) is 22.7 Å². The summed E-state index contributed by atoms with van der Waals surface area (Å²) in [6.45, 7) is 3.77. The summed E-state index contributed by atoms with van der Waals surface area (Å²) in [6.07, 6.45) is 0. The first kappa shape index (κ1) is 12.8. The van der Waals surface area contributed by atoms with Crippen LogP contribution in [0.15, 0.2) is 12.1 Å². The van der Waals surface area contributed by atoms with Crippen LogP contribution in [0.1, 0.15) is 18.1 Å². The summed E-state index contributed by atoms with van der Waals surface area (Å²) in [6, 6.07) is 2.89. The minimum absolute atomic E-state index is 0.188. The molecule has 16 heavy (non-hydrogen) atoms. The van der Waals surface area contributed by atoms with Crippen molar-refractivity contribution in [3.05, 3.63) is 28.3 Å². The Morgan fingerprint density at radius 2 is 2.25 bits per heavy atom. The average molecular weight is 243 g/mol. The summed E-state index contributed by atoms with van der Waals surface area (Å²) in [5, 5.41) is 13.2. The molecule has 0 bridgehead atoms. The van der Waals surface area contributed by atoms with Crippen molar-refractivity contribution in [1.82, 2.24) is 5.32 Å². The van der Waals surface area contributed by atoms with Crippen LogP contribution < -0.4 is 11.1 Å². The number of nitrogens with two attached hydrogens (primary N) is 1. The fraction of sp³-hybridized carbons (Fsp3) is 0.364. The molecule has 5 heteroatoms. The second kappa shape index (κ2) is 5.18. The van der Waals surface area contributed by atoms with Crippen molar-refractivity contribution in [3.8, 4) is 5.75 Å². The summed E-state index contributed by atoms with van der Waals surface area (Å²) in [5.41, 5.74) is 6.46. The van der Waals surface area contributed by atoms with E-state index >= 15 is 0 Å². The first-order valence-electron chi connectivity index (χ1n) is 4.92. The highest BCUT2D eigenvalue weighted by atomic mass is 35.5. The van der Waals surface area contributed by atoms with Gasteiger partial charge in [-0.2, -0.15) is 0 Å². The lowest BCUT2D eigenvalue weighted by molar-refractivity contribution is -0.119. The van der Waals surface area contributed by atoms with Crippen LogP contribution in [0.5, 0.6) is 5.75 Å². The zero-order chi connectivity index (χ0) is 12.3. The number of aryl methyl sites for hydroxylation is 1. The molecule has 4 nitrogen and oxygen atoms in total. The van der Waals surface area contributed by atoms with Crippen LogP contribution in [0.4, 0.5) is 0 Å². The van der Waals surface area contributed by atoms with Gasteiger partial charge in [0.25, 0.3) is 0 Å². The van der Waals surface area contributed by atoms with Gasteiger partial charge in [-0.25, -0.2) is 0 Å². The Balaban J connectivity index is 2.78. The van der Waals surface area contributed by atoms with Gasteiger partial charge in [0.15, 0.2) is 0 Å². The van der Waals surface area contributed by atoms with E-state index in [0.717, 1.165) is 0 Å². The van der Waals surface area contributed by atoms with Gasteiger partial charge in [-0.15, -0.1) is 0 Å². The lowest BCUT2D eigenvalue weighted by Gasteiger charge is -2.12. The second-order valence-electron chi connectivity index (χ2n) is 3.74. The van der Waals surface area contributed by atoms with E-state index in [9.17, 15) is 9.90 Å². The molecule has 1 atom stereocenters. The molecular weight excluding hydrogens is 228 g/mol. The van der Waals surface area contributed by atoms with Crippen molar-refractivity contribution >= 4 is 17.5 Å². The lowest BCUT2D eigenvalue weighted by Crippen LogP contribution is -2.38. The van der Waals surface area contributed by atoms with Crippen LogP contribution in [0.25, 0.3) is 0 Å². The maximum atomic E-state index is 10.8. The van der Waals surface area contributed by atoms with Gasteiger partial charge in [-0.1, -0.05) is 11.6 Å². The summed E-state index contributed by atoms with van der Waals surface area (Å²) < 4.78 is 0. The second-order valence-corrected chi connectivity index (χ2v) is 4.17. The fourth-order valence-corrected chi connectivity index (χ4v) is 1.60. The number of benzene rings is 1. The normalized spacial score (nSPS) is 12.4. The first-order chi connectivity index (χ1) is 7.41. The fourth-order valence-electron chi connectivity index (χ4n) is 1.30. The Morgan fingerprint density at radius 1 is 1.62 bits per heavy atom. The Kier molecular flexibility index (Phi) is 4.15. The van der Waals surface area contributed by atoms with Crippen LogP contribution in [-0.4, -0.2) is 17.1 Å². The zero-order valence-electron chi connectivity index (χ0n) is 9.25. The van der Waals surface area contributed by atoms with Gasteiger partial charge in [-0.05, 0) is 31.5 Å².